The lowest BCUT2D eigenvalue weighted by molar-refractivity contribution is -0.0395. The van der Waals surface area contributed by atoms with Crippen LogP contribution in [0.5, 0.6) is 5.75 Å². The Morgan fingerprint density at radius 1 is 1.04 bits per heavy atom. The number of halogens is 3. The molecule has 1 saturated heterocycles. The highest BCUT2D eigenvalue weighted by Gasteiger charge is 2.33. The zero-order valence-corrected chi connectivity index (χ0v) is 15.6. The summed E-state index contributed by atoms with van der Waals surface area (Å²) in [5, 5.41) is 0. The maximum Gasteiger partial charge on any atom is 0.173 e. The molecule has 27 heavy (non-hydrogen) atoms. The van der Waals surface area contributed by atoms with Crippen molar-refractivity contribution in [1.29, 1.82) is 0 Å². The second-order valence-electron chi connectivity index (χ2n) is 7.54. The van der Waals surface area contributed by atoms with Gasteiger partial charge in [-0.05, 0) is 67.0 Å². The molecule has 1 aliphatic heterocycles. The summed E-state index contributed by atoms with van der Waals surface area (Å²) in [5.74, 6) is -1.91. The maximum atomic E-state index is 14.9. The molecule has 0 aromatic heterocycles. The van der Waals surface area contributed by atoms with Gasteiger partial charge in [0.1, 0.15) is 6.61 Å². The van der Waals surface area contributed by atoms with Crippen LogP contribution >= 0.6 is 0 Å². The van der Waals surface area contributed by atoms with Crippen LogP contribution in [0.25, 0.3) is 22.3 Å². The van der Waals surface area contributed by atoms with Crippen molar-refractivity contribution in [2.24, 2.45) is 5.92 Å². The fourth-order valence-electron chi connectivity index (χ4n) is 4.10. The van der Waals surface area contributed by atoms with Crippen molar-refractivity contribution in [1.82, 2.24) is 0 Å². The molecule has 0 spiro atoms. The molecule has 0 bridgehead atoms. The number of hydrogen-bond donors (Lipinski definition) is 0. The van der Waals surface area contributed by atoms with E-state index < -0.39 is 17.5 Å². The first-order valence-electron chi connectivity index (χ1n) is 9.57. The lowest BCUT2D eigenvalue weighted by Gasteiger charge is -2.30. The van der Waals surface area contributed by atoms with E-state index in [-0.39, 0.29) is 35.2 Å². The average molecular weight is 376 g/mol. The van der Waals surface area contributed by atoms with Gasteiger partial charge in [0.25, 0.3) is 0 Å². The summed E-state index contributed by atoms with van der Waals surface area (Å²) >= 11 is 0. The molecule has 0 N–H and O–H groups in total. The monoisotopic (exact) mass is 376 g/mol. The highest BCUT2D eigenvalue weighted by atomic mass is 19.2. The zero-order valence-electron chi connectivity index (χ0n) is 15.6. The van der Waals surface area contributed by atoms with Crippen LogP contribution in [0.15, 0.2) is 18.2 Å². The summed E-state index contributed by atoms with van der Waals surface area (Å²) in [6.07, 6.45) is 4.22. The third-order valence-corrected chi connectivity index (χ3v) is 5.62. The fraction of sp³-hybridized carbons (Fsp3) is 0.455. The van der Waals surface area contributed by atoms with Gasteiger partial charge in [-0.1, -0.05) is 13.3 Å². The molecule has 1 fully saturated rings. The Bertz CT molecular complexity index is 871. The van der Waals surface area contributed by atoms with Gasteiger partial charge in [-0.15, -0.1) is 0 Å². The second kappa shape index (κ2) is 7.19. The summed E-state index contributed by atoms with van der Waals surface area (Å²) in [4.78, 5) is 0. The second-order valence-corrected chi connectivity index (χ2v) is 7.54. The van der Waals surface area contributed by atoms with E-state index in [0.717, 1.165) is 25.7 Å². The van der Waals surface area contributed by atoms with Crippen molar-refractivity contribution in [2.45, 2.75) is 45.6 Å². The van der Waals surface area contributed by atoms with Gasteiger partial charge in [0, 0.05) is 17.7 Å². The van der Waals surface area contributed by atoms with Gasteiger partial charge in [-0.25, -0.2) is 13.2 Å². The van der Waals surface area contributed by atoms with Crippen LogP contribution < -0.4 is 4.74 Å². The Kier molecular flexibility index (Phi) is 4.89. The predicted molar refractivity (Wildman–Crippen MR) is 98.4 cm³/mol. The van der Waals surface area contributed by atoms with Gasteiger partial charge in [0.2, 0.25) is 0 Å². The summed E-state index contributed by atoms with van der Waals surface area (Å²) in [6, 6.07) is 4.81. The Morgan fingerprint density at radius 3 is 2.52 bits per heavy atom. The molecule has 0 radical (unpaired) electrons. The zero-order chi connectivity index (χ0) is 19.1. The Hall–Kier alpha value is -2.01. The number of aryl methyl sites for hydroxylation is 1. The van der Waals surface area contributed by atoms with Crippen LogP contribution in [0.3, 0.4) is 0 Å². The van der Waals surface area contributed by atoms with Crippen molar-refractivity contribution in [3.63, 3.8) is 0 Å². The minimum absolute atomic E-state index is 0.00683. The largest absolute Gasteiger partial charge is 0.488 e. The number of fused-ring (bicyclic) bond motifs is 4. The van der Waals surface area contributed by atoms with Gasteiger partial charge < -0.3 is 9.47 Å². The van der Waals surface area contributed by atoms with Crippen molar-refractivity contribution >= 4 is 0 Å². The lowest BCUT2D eigenvalue weighted by Crippen LogP contribution is -2.30. The van der Waals surface area contributed by atoms with E-state index in [0.29, 0.717) is 23.7 Å². The summed E-state index contributed by atoms with van der Waals surface area (Å²) < 4.78 is 54.5. The first-order valence-corrected chi connectivity index (χ1v) is 9.57. The normalized spacial score (nSPS) is 20.6. The maximum absolute atomic E-state index is 14.9. The van der Waals surface area contributed by atoms with Gasteiger partial charge in [0.15, 0.2) is 23.2 Å². The molecule has 1 heterocycles. The molecule has 0 amide bonds. The van der Waals surface area contributed by atoms with E-state index in [4.69, 9.17) is 9.47 Å². The fourth-order valence-corrected chi connectivity index (χ4v) is 4.10. The van der Waals surface area contributed by atoms with Crippen LogP contribution in [0.1, 0.15) is 38.2 Å². The van der Waals surface area contributed by atoms with Gasteiger partial charge in [0.05, 0.1) is 6.10 Å². The molecule has 4 rings (SSSR count). The lowest BCUT2D eigenvalue weighted by atomic mass is 9.78. The molecule has 0 saturated carbocycles. The average Bonchev–Trinajstić information content (AvgIpc) is 2.65. The van der Waals surface area contributed by atoms with E-state index in [1.165, 1.54) is 6.92 Å². The van der Waals surface area contributed by atoms with Gasteiger partial charge in [-0.3, -0.25) is 0 Å². The highest BCUT2D eigenvalue weighted by molar-refractivity contribution is 6.03. The molecule has 1 aliphatic carbocycles. The molecule has 2 nitrogen and oxygen atoms in total. The predicted octanol–water partition coefficient (Wildman–Crippen LogP) is 6.03. The molecule has 2 aliphatic rings. The Morgan fingerprint density at radius 2 is 1.81 bits per heavy atom. The first kappa shape index (κ1) is 18.4. The Labute approximate surface area is 157 Å². The molecule has 5 heteroatoms. The third kappa shape index (κ3) is 3.12. The number of ether oxygens (including phenoxy) is 2. The van der Waals surface area contributed by atoms with Gasteiger partial charge >= 0.3 is 0 Å². The van der Waals surface area contributed by atoms with Crippen molar-refractivity contribution in [2.75, 3.05) is 13.2 Å². The number of rotatable bonds is 5. The molecular formula is C22H23F3O2. The molecule has 2 aromatic rings. The molecule has 2 atom stereocenters. The first-order chi connectivity index (χ1) is 13.0. The van der Waals surface area contributed by atoms with E-state index >= 15 is 0 Å². The molecule has 144 valence electrons. The summed E-state index contributed by atoms with van der Waals surface area (Å²) in [7, 11) is 0. The summed E-state index contributed by atoms with van der Waals surface area (Å²) in [5.41, 5.74) is 1.46. The quantitative estimate of drug-likeness (QED) is 0.541. The van der Waals surface area contributed by atoms with Crippen LogP contribution in [-0.2, 0) is 4.74 Å². The van der Waals surface area contributed by atoms with E-state index in [1.807, 2.05) is 0 Å². The molecular weight excluding hydrogens is 353 g/mol. The molecule has 2 aromatic carbocycles. The van der Waals surface area contributed by atoms with Gasteiger partial charge in [-0.2, -0.15) is 0 Å². The van der Waals surface area contributed by atoms with E-state index in [1.54, 1.807) is 18.2 Å². The van der Waals surface area contributed by atoms with Crippen molar-refractivity contribution < 1.29 is 22.6 Å². The smallest absolute Gasteiger partial charge is 0.173 e. The van der Waals surface area contributed by atoms with Crippen LogP contribution in [-0.4, -0.2) is 19.3 Å². The third-order valence-electron chi connectivity index (χ3n) is 5.62. The summed E-state index contributed by atoms with van der Waals surface area (Å²) in [6.45, 7) is 4.63. The van der Waals surface area contributed by atoms with E-state index in [2.05, 4.69) is 6.92 Å². The number of hydrogen-bond acceptors (Lipinski definition) is 2. The van der Waals surface area contributed by atoms with E-state index in [9.17, 15) is 13.2 Å². The number of benzene rings is 2. The SMILES string of the molecule is CCCC1CCC(COc2ccc3c(c2F)-c2c-3cc(C)c(F)c2F)OC1. The standard InChI is InChI=1S/C22H23F3O2/c1-3-4-13-5-6-14(26-10-13)11-27-17-8-7-15-16-9-12(2)20(23)22(25)19(16)18(15)21(17)24/h7-9,13-14H,3-6,10-11H2,1-2H3. The topological polar surface area (TPSA) is 18.5 Å². The highest BCUT2D eigenvalue weighted by Crippen LogP contribution is 2.52. The Balaban J connectivity index is 1.48. The van der Waals surface area contributed by atoms with Crippen LogP contribution in [0, 0.1) is 30.3 Å². The minimum Gasteiger partial charge on any atom is -0.488 e. The van der Waals surface area contributed by atoms with Crippen LogP contribution in [0.4, 0.5) is 13.2 Å². The molecule has 2 unspecified atom stereocenters. The minimum atomic E-state index is -0.994. The van der Waals surface area contributed by atoms with Crippen molar-refractivity contribution in [3.05, 3.63) is 41.2 Å². The van der Waals surface area contributed by atoms with Crippen LogP contribution in [0.2, 0.25) is 0 Å². The van der Waals surface area contributed by atoms with Crippen molar-refractivity contribution in [3.8, 4) is 28.0 Å².